The quantitative estimate of drug-likeness (QED) is 0.789. The Morgan fingerprint density at radius 2 is 2.22 bits per heavy atom. The van der Waals surface area contributed by atoms with E-state index in [0.717, 1.165) is 0 Å². The number of hydrogen-bond donors (Lipinski definition) is 1. The number of nitrogens with two attached hydrogens (primary N) is 1. The van der Waals surface area contributed by atoms with Crippen molar-refractivity contribution in [1.82, 2.24) is 14.7 Å². The van der Waals surface area contributed by atoms with Crippen LogP contribution in [0.4, 0.5) is 0 Å². The van der Waals surface area contributed by atoms with Crippen LogP contribution in [0, 0.1) is 0 Å². The van der Waals surface area contributed by atoms with Crippen molar-refractivity contribution in [3.05, 3.63) is 18.0 Å². The van der Waals surface area contributed by atoms with Crippen molar-refractivity contribution in [2.75, 3.05) is 0 Å². The average Bonchev–Trinajstić information content (AvgIpc) is 2.78. The fraction of sp³-hybridized carbons (Fsp3) is 0.583. The van der Waals surface area contributed by atoms with Gasteiger partial charge in [-0.2, -0.15) is 5.10 Å². The van der Waals surface area contributed by atoms with E-state index in [2.05, 4.69) is 5.10 Å². The summed E-state index contributed by atoms with van der Waals surface area (Å²) in [5.74, 6) is -0.467. The molecule has 1 saturated heterocycles. The molecule has 0 aromatic carbocycles. The van der Waals surface area contributed by atoms with Crippen molar-refractivity contribution in [2.24, 2.45) is 5.73 Å². The highest BCUT2D eigenvalue weighted by atomic mass is 16.2. The molecule has 98 valence electrons. The summed E-state index contributed by atoms with van der Waals surface area (Å²) in [5, 5.41) is 4.33. The predicted octanol–water partition coefficient (Wildman–Crippen LogP) is 0.440. The Hall–Kier alpha value is -1.69. The van der Waals surface area contributed by atoms with E-state index in [1.165, 1.54) is 4.90 Å². The van der Waals surface area contributed by atoms with Crippen LogP contribution in [0.1, 0.15) is 38.4 Å². The number of carbonyl (C=O) groups is 2. The van der Waals surface area contributed by atoms with E-state index in [-0.39, 0.29) is 24.4 Å². The standard InChI is InChI=1S/C12H18N4O2/c1-8(2)16-6-5-9(14-16)7-15-11(17)4-3-10(13)12(15)18/h5-6,8,10H,3-4,7,13H2,1-2H3. The van der Waals surface area contributed by atoms with E-state index in [1.807, 2.05) is 26.1 Å². The number of amides is 2. The van der Waals surface area contributed by atoms with Crippen LogP contribution in [-0.4, -0.2) is 32.5 Å². The normalized spacial score (nSPS) is 20.9. The third-order valence-electron chi connectivity index (χ3n) is 3.07. The van der Waals surface area contributed by atoms with Gasteiger partial charge < -0.3 is 5.73 Å². The number of likely N-dealkylation sites (tertiary alicyclic amines) is 1. The van der Waals surface area contributed by atoms with E-state index in [9.17, 15) is 9.59 Å². The maximum absolute atomic E-state index is 11.8. The number of imide groups is 1. The van der Waals surface area contributed by atoms with Gasteiger partial charge in [0.1, 0.15) is 0 Å². The summed E-state index contributed by atoms with van der Waals surface area (Å²) in [6.07, 6.45) is 2.62. The molecule has 1 aromatic rings. The van der Waals surface area contributed by atoms with Gasteiger partial charge in [-0.15, -0.1) is 0 Å². The molecule has 2 amide bonds. The van der Waals surface area contributed by atoms with Gasteiger partial charge in [-0.25, -0.2) is 0 Å². The monoisotopic (exact) mass is 250 g/mol. The third kappa shape index (κ3) is 2.43. The van der Waals surface area contributed by atoms with E-state index < -0.39 is 6.04 Å². The maximum Gasteiger partial charge on any atom is 0.246 e. The van der Waals surface area contributed by atoms with Crippen LogP contribution in [0.3, 0.4) is 0 Å². The molecule has 0 aliphatic carbocycles. The van der Waals surface area contributed by atoms with Gasteiger partial charge in [0.25, 0.3) is 0 Å². The molecule has 1 atom stereocenters. The highest BCUT2D eigenvalue weighted by molar-refractivity contribution is 6.00. The van der Waals surface area contributed by atoms with Crippen LogP contribution in [0.5, 0.6) is 0 Å². The molecule has 2 rings (SSSR count). The third-order valence-corrected chi connectivity index (χ3v) is 3.07. The molecule has 1 fully saturated rings. The van der Waals surface area contributed by atoms with E-state index in [0.29, 0.717) is 18.5 Å². The van der Waals surface area contributed by atoms with E-state index in [4.69, 9.17) is 5.73 Å². The highest BCUT2D eigenvalue weighted by Crippen LogP contribution is 2.15. The largest absolute Gasteiger partial charge is 0.320 e. The zero-order valence-corrected chi connectivity index (χ0v) is 10.7. The topological polar surface area (TPSA) is 81.2 Å². The van der Waals surface area contributed by atoms with Crippen molar-refractivity contribution < 1.29 is 9.59 Å². The van der Waals surface area contributed by atoms with Gasteiger partial charge in [0, 0.05) is 18.7 Å². The van der Waals surface area contributed by atoms with Gasteiger partial charge in [0.05, 0.1) is 18.3 Å². The molecule has 1 unspecified atom stereocenters. The summed E-state index contributed by atoms with van der Waals surface area (Å²) >= 11 is 0. The molecule has 2 N–H and O–H groups in total. The number of piperidine rings is 1. The Morgan fingerprint density at radius 1 is 1.50 bits per heavy atom. The smallest absolute Gasteiger partial charge is 0.246 e. The minimum Gasteiger partial charge on any atom is -0.320 e. The summed E-state index contributed by atoms with van der Waals surface area (Å²) in [7, 11) is 0. The molecule has 1 aromatic heterocycles. The second kappa shape index (κ2) is 4.89. The Balaban J connectivity index is 2.11. The molecule has 1 aliphatic rings. The van der Waals surface area contributed by atoms with Gasteiger partial charge in [0.2, 0.25) is 11.8 Å². The Bertz CT molecular complexity index is 466. The first-order valence-electron chi connectivity index (χ1n) is 6.13. The Morgan fingerprint density at radius 3 is 2.83 bits per heavy atom. The number of aromatic nitrogens is 2. The number of hydrogen-bond acceptors (Lipinski definition) is 4. The van der Waals surface area contributed by atoms with Gasteiger partial charge in [-0.3, -0.25) is 19.2 Å². The van der Waals surface area contributed by atoms with Crippen LogP contribution < -0.4 is 5.73 Å². The zero-order valence-electron chi connectivity index (χ0n) is 10.7. The van der Waals surface area contributed by atoms with Crippen molar-refractivity contribution in [2.45, 2.75) is 45.3 Å². The summed E-state index contributed by atoms with van der Waals surface area (Å²) in [5.41, 5.74) is 6.38. The fourth-order valence-electron chi connectivity index (χ4n) is 1.94. The predicted molar refractivity (Wildman–Crippen MR) is 65.4 cm³/mol. The van der Waals surface area contributed by atoms with Crippen molar-refractivity contribution in [3.63, 3.8) is 0 Å². The summed E-state index contributed by atoms with van der Waals surface area (Å²) < 4.78 is 1.80. The average molecular weight is 250 g/mol. The van der Waals surface area contributed by atoms with Crippen LogP contribution in [0.2, 0.25) is 0 Å². The second-order valence-corrected chi connectivity index (χ2v) is 4.84. The fourth-order valence-corrected chi connectivity index (χ4v) is 1.94. The molecule has 6 nitrogen and oxygen atoms in total. The van der Waals surface area contributed by atoms with Crippen molar-refractivity contribution in [1.29, 1.82) is 0 Å². The van der Waals surface area contributed by atoms with Crippen molar-refractivity contribution in [3.8, 4) is 0 Å². The van der Waals surface area contributed by atoms with Crippen LogP contribution in [0.15, 0.2) is 12.3 Å². The molecule has 0 bridgehead atoms. The lowest BCUT2D eigenvalue weighted by Crippen LogP contribution is -2.50. The highest BCUT2D eigenvalue weighted by Gasteiger charge is 2.32. The molecular formula is C12H18N4O2. The summed E-state index contributed by atoms with van der Waals surface area (Å²) in [6.45, 7) is 4.25. The van der Waals surface area contributed by atoms with E-state index >= 15 is 0 Å². The molecule has 0 spiro atoms. The van der Waals surface area contributed by atoms with E-state index in [1.54, 1.807) is 4.68 Å². The van der Waals surface area contributed by atoms with Crippen LogP contribution in [-0.2, 0) is 16.1 Å². The first kappa shape index (κ1) is 12.8. The Labute approximate surface area is 106 Å². The molecular weight excluding hydrogens is 232 g/mol. The first-order valence-corrected chi connectivity index (χ1v) is 6.13. The zero-order chi connectivity index (χ0) is 13.3. The van der Waals surface area contributed by atoms with Crippen molar-refractivity contribution >= 4 is 11.8 Å². The number of carbonyl (C=O) groups excluding carboxylic acids is 2. The maximum atomic E-state index is 11.8. The van der Waals surface area contributed by atoms with Gasteiger partial charge in [0.15, 0.2) is 0 Å². The summed E-state index contributed by atoms with van der Waals surface area (Å²) in [6, 6.07) is 1.52. The minimum absolute atomic E-state index is 0.166. The van der Waals surface area contributed by atoms with Crippen LogP contribution in [0.25, 0.3) is 0 Å². The molecule has 0 saturated carbocycles. The molecule has 18 heavy (non-hydrogen) atoms. The lowest BCUT2D eigenvalue weighted by Gasteiger charge is -2.27. The van der Waals surface area contributed by atoms with Gasteiger partial charge >= 0.3 is 0 Å². The minimum atomic E-state index is -0.560. The molecule has 6 heteroatoms. The number of nitrogens with zero attached hydrogens (tertiary/aromatic N) is 3. The molecule has 2 heterocycles. The molecule has 0 radical (unpaired) electrons. The molecule has 1 aliphatic heterocycles. The SMILES string of the molecule is CC(C)n1ccc(CN2C(=O)CCC(N)C2=O)n1. The summed E-state index contributed by atoms with van der Waals surface area (Å²) in [4.78, 5) is 24.7. The van der Waals surface area contributed by atoms with Gasteiger partial charge in [-0.1, -0.05) is 0 Å². The first-order chi connectivity index (χ1) is 8.49. The Kier molecular flexibility index (Phi) is 3.47. The lowest BCUT2D eigenvalue weighted by molar-refractivity contribution is -0.150. The lowest BCUT2D eigenvalue weighted by atomic mass is 10.1. The van der Waals surface area contributed by atoms with Crippen LogP contribution >= 0.6 is 0 Å². The second-order valence-electron chi connectivity index (χ2n) is 4.84. The number of rotatable bonds is 3. The van der Waals surface area contributed by atoms with Gasteiger partial charge in [-0.05, 0) is 26.3 Å².